The van der Waals surface area contributed by atoms with Gasteiger partial charge in [-0.05, 0) is 29.7 Å². The third-order valence-corrected chi connectivity index (χ3v) is 5.30. The molecule has 2 aromatic rings. The van der Waals surface area contributed by atoms with Gasteiger partial charge in [-0.3, -0.25) is 9.69 Å². The Labute approximate surface area is 167 Å². The van der Waals surface area contributed by atoms with Crippen LogP contribution in [0.3, 0.4) is 0 Å². The molecular formula is C21H16NO3S2-. The largest absolute Gasteiger partial charge is 0.547 e. The van der Waals surface area contributed by atoms with E-state index in [-0.39, 0.29) is 4.32 Å². The number of thiocarbonyl (C=S) groups is 1. The van der Waals surface area contributed by atoms with Crippen molar-refractivity contribution in [2.24, 2.45) is 0 Å². The summed E-state index contributed by atoms with van der Waals surface area (Å²) >= 11 is 6.39. The second kappa shape index (κ2) is 8.33. The smallest absolute Gasteiger partial charge is 0.267 e. The average Bonchev–Trinajstić information content (AvgIpc) is 2.91. The molecule has 0 unspecified atom stereocenters. The summed E-state index contributed by atoms with van der Waals surface area (Å²) in [6.07, 6.45) is 3.67. The van der Waals surface area contributed by atoms with Crippen molar-refractivity contribution < 1.29 is 14.7 Å². The molecule has 27 heavy (non-hydrogen) atoms. The van der Waals surface area contributed by atoms with Gasteiger partial charge in [0.05, 0.1) is 10.9 Å². The minimum Gasteiger partial charge on any atom is -0.547 e. The van der Waals surface area contributed by atoms with Gasteiger partial charge in [-0.1, -0.05) is 90.7 Å². The zero-order valence-corrected chi connectivity index (χ0v) is 16.1. The Bertz CT molecular complexity index is 936. The number of hydrogen-bond donors (Lipinski definition) is 0. The van der Waals surface area contributed by atoms with Crippen LogP contribution in [0.4, 0.5) is 0 Å². The van der Waals surface area contributed by atoms with Gasteiger partial charge < -0.3 is 9.90 Å². The standard InChI is InChI=1S/C21H17NO3S2/c1-14(12-15-8-4-2-5-9-15)13-17-19(23)22(21(26)27-17)18(20(24)25)16-10-6-3-7-11-16/h2-13,18H,1H3,(H,24,25)/p-1/b14-12-,17-13-/t18-/m0/s1. The van der Waals surface area contributed by atoms with Gasteiger partial charge in [0.1, 0.15) is 10.4 Å². The van der Waals surface area contributed by atoms with Crippen LogP contribution < -0.4 is 5.11 Å². The molecule has 1 amide bonds. The highest BCUT2D eigenvalue weighted by molar-refractivity contribution is 8.26. The molecule has 0 spiro atoms. The second-order valence-electron chi connectivity index (χ2n) is 5.98. The van der Waals surface area contributed by atoms with E-state index in [9.17, 15) is 14.7 Å². The number of carboxylic acids is 1. The van der Waals surface area contributed by atoms with E-state index in [0.29, 0.717) is 10.5 Å². The number of nitrogens with zero attached hydrogens (tertiary/aromatic N) is 1. The normalized spacial score (nSPS) is 17.4. The molecule has 1 aliphatic heterocycles. The monoisotopic (exact) mass is 394 g/mol. The first-order valence-corrected chi connectivity index (χ1v) is 9.46. The van der Waals surface area contributed by atoms with E-state index in [0.717, 1.165) is 27.8 Å². The summed E-state index contributed by atoms with van der Waals surface area (Å²) < 4.78 is 0.205. The maximum Gasteiger partial charge on any atom is 0.267 e. The first-order chi connectivity index (χ1) is 13.0. The number of allylic oxidation sites excluding steroid dienone is 2. The first kappa shape index (κ1) is 19.1. The van der Waals surface area contributed by atoms with Gasteiger partial charge in [0.2, 0.25) is 0 Å². The Hall–Kier alpha value is -2.70. The molecule has 0 aromatic heterocycles. The molecule has 0 bridgehead atoms. The molecule has 1 saturated heterocycles. The fraction of sp³-hybridized carbons (Fsp3) is 0.0952. The fourth-order valence-electron chi connectivity index (χ4n) is 2.79. The molecule has 1 heterocycles. The summed E-state index contributed by atoms with van der Waals surface area (Å²) in [4.78, 5) is 26.1. The molecule has 1 atom stereocenters. The lowest BCUT2D eigenvalue weighted by Crippen LogP contribution is -2.43. The topological polar surface area (TPSA) is 60.4 Å². The summed E-state index contributed by atoms with van der Waals surface area (Å²) in [6.45, 7) is 1.88. The number of rotatable bonds is 5. The Morgan fingerprint density at radius 2 is 1.70 bits per heavy atom. The lowest BCUT2D eigenvalue weighted by atomic mass is 10.1. The number of thioether (sulfide) groups is 1. The van der Waals surface area contributed by atoms with Gasteiger partial charge in [0.15, 0.2) is 0 Å². The van der Waals surface area contributed by atoms with Crippen molar-refractivity contribution in [3.63, 3.8) is 0 Å². The predicted octanol–water partition coefficient (Wildman–Crippen LogP) is 3.33. The number of benzene rings is 2. The summed E-state index contributed by atoms with van der Waals surface area (Å²) in [6, 6.07) is 17.0. The van der Waals surface area contributed by atoms with Crippen LogP contribution in [0, 0.1) is 0 Å². The van der Waals surface area contributed by atoms with Crippen molar-refractivity contribution in [1.82, 2.24) is 4.90 Å². The molecule has 4 nitrogen and oxygen atoms in total. The highest BCUT2D eigenvalue weighted by atomic mass is 32.2. The molecule has 0 radical (unpaired) electrons. The van der Waals surface area contributed by atoms with E-state index in [1.54, 1.807) is 36.4 Å². The Morgan fingerprint density at radius 3 is 2.30 bits per heavy atom. The summed E-state index contributed by atoms with van der Waals surface area (Å²) in [5.74, 6) is -1.79. The van der Waals surface area contributed by atoms with Crippen LogP contribution in [0.2, 0.25) is 0 Å². The summed E-state index contributed by atoms with van der Waals surface area (Å²) in [7, 11) is 0. The molecule has 2 aromatic carbocycles. The van der Waals surface area contributed by atoms with Gasteiger partial charge in [0, 0.05) is 0 Å². The quantitative estimate of drug-likeness (QED) is 0.575. The van der Waals surface area contributed by atoms with Crippen LogP contribution in [0.5, 0.6) is 0 Å². The highest BCUT2D eigenvalue weighted by Crippen LogP contribution is 2.37. The molecule has 0 saturated carbocycles. The number of amides is 1. The second-order valence-corrected chi connectivity index (χ2v) is 7.66. The molecule has 1 aliphatic rings. The third-order valence-electron chi connectivity index (χ3n) is 3.97. The Morgan fingerprint density at radius 1 is 1.11 bits per heavy atom. The molecular weight excluding hydrogens is 378 g/mol. The predicted molar refractivity (Wildman–Crippen MR) is 109 cm³/mol. The van der Waals surface area contributed by atoms with Crippen LogP contribution in [-0.2, 0) is 9.59 Å². The molecule has 3 rings (SSSR count). The average molecular weight is 394 g/mol. The van der Waals surface area contributed by atoms with Crippen LogP contribution in [0.25, 0.3) is 6.08 Å². The Kier molecular flexibility index (Phi) is 5.88. The third kappa shape index (κ3) is 4.35. The summed E-state index contributed by atoms with van der Waals surface area (Å²) in [5.41, 5.74) is 2.33. The van der Waals surface area contributed by atoms with Gasteiger partial charge in [0.25, 0.3) is 5.91 Å². The van der Waals surface area contributed by atoms with E-state index in [2.05, 4.69) is 0 Å². The van der Waals surface area contributed by atoms with Crippen LogP contribution in [0.1, 0.15) is 24.1 Å². The van der Waals surface area contributed by atoms with Crippen molar-refractivity contribution >= 4 is 46.3 Å². The maximum atomic E-state index is 12.9. The molecule has 136 valence electrons. The maximum absolute atomic E-state index is 12.9. The summed E-state index contributed by atoms with van der Waals surface area (Å²) in [5, 5.41) is 11.7. The van der Waals surface area contributed by atoms with E-state index < -0.39 is 17.9 Å². The van der Waals surface area contributed by atoms with Crippen molar-refractivity contribution in [3.05, 3.63) is 88.3 Å². The lowest BCUT2D eigenvalue weighted by Gasteiger charge is -2.27. The highest BCUT2D eigenvalue weighted by Gasteiger charge is 2.38. The van der Waals surface area contributed by atoms with Crippen molar-refractivity contribution in [2.45, 2.75) is 13.0 Å². The van der Waals surface area contributed by atoms with Gasteiger partial charge in [-0.15, -0.1) is 0 Å². The van der Waals surface area contributed by atoms with Crippen LogP contribution in [0.15, 0.2) is 77.2 Å². The van der Waals surface area contributed by atoms with E-state index in [4.69, 9.17) is 12.2 Å². The van der Waals surface area contributed by atoms with E-state index in [1.165, 1.54) is 0 Å². The number of aliphatic carboxylic acids is 1. The first-order valence-electron chi connectivity index (χ1n) is 8.23. The van der Waals surface area contributed by atoms with Crippen LogP contribution >= 0.6 is 24.0 Å². The number of carboxylic acid groups (broad SMARTS) is 1. The minimum atomic E-state index is -1.37. The lowest BCUT2D eigenvalue weighted by molar-refractivity contribution is -0.310. The van der Waals surface area contributed by atoms with Crippen molar-refractivity contribution in [3.8, 4) is 0 Å². The SMILES string of the molecule is CC(=C/c1ccccc1)/C=C1\SC(=S)N([C@H](C(=O)[O-])c2ccccc2)C1=O. The van der Waals surface area contributed by atoms with Gasteiger partial charge in [-0.2, -0.15) is 0 Å². The zero-order valence-electron chi connectivity index (χ0n) is 14.5. The number of hydrogen-bond acceptors (Lipinski definition) is 5. The molecule has 6 heteroatoms. The molecule has 1 fully saturated rings. The van der Waals surface area contributed by atoms with E-state index >= 15 is 0 Å². The molecule has 0 aliphatic carbocycles. The van der Waals surface area contributed by atoms with Crippen molar-refractivity contribution in [2.75, 3.05) is 0 Å². The van der Waals surface area contributed by atoms with Crippen molar-refractivity contribution in [1.29, 1.82) is 0 Å². The minimum absolute atomic E-state index is 0.205. The number of carbonyl (C=O) groups excluding carboxylic acids is 2. The fourth-order valence-corrected chi connectivity index (χ4v) is 4.15. The van der Waals surface area contributed by atoms with Crippen LogP contribution in [-0.4, -0.2) is 21.1 Å². The van der Waals surface area contributed by atoms with E-state index in [1.807, 2.05) is 43.3 Å². The Balaban J connectivity index is 1.90. The van der Waals surface area contributed by atoms with Gasteiger partial charge >= 0.3 is 0 Å². The zero-order chi connectivity index (χ0) is 19.4. The molecule has 0 N–H and O–H groups in total. The number of carbonyl (C=O) groups is 2. The van der Waals surface area contributed by atoms with Gasteiger partial charge in [-0.25, -0.2) is 0 Å².